The second-order valence-electron chi connectivity index (χ2n) is 6.19. The highest BCUT2D eigenvalue weighted by Crippen LogP contribution is 2.29. The van der Waals surface area contributed by atoms with Crippen molar-refractivity contribution >= 4 is 34.2 Å². The van der Waals surface area contributed by atoms with E-state index in [0.29, 0.717) is 28.9 Å². The van der Waals surface area contributed by atoms with Crippen molar-refractivity contribution in [2.24, 2.45) is 0 Å². The van der Waals surface area contributed by atoms with Gasteiger partial charge >= 0.3 is 11.7 Å². The Hall–Kier alpha value is -3.95. The fraction of sp³-hybridized carbons (Fsp3) is 0.200. The number of ether oxygens (including phenoxy) is 2. The number of nitrogens with zero attached hydrogens (tertiary/aromatic N) is 1. The maximum absolute atomic E-state index is 13.4. The Labute approximate surface area is 169 Å². The third-order valence-corrected chi connectivity index (χ3v) is 4.16. The van der Waals surface area contributed by atoms with E-state index in [9.17, 15) is 24.1 Å². The van der Waals surface area contributed by atoms with E-state index in [0.717, 1.165) is 18.2 Å². The van der Waals surface area contributed by atoms with E-state index in [1.54, 1.807) is 25.1 Å². The molecule has 0 atom stereocenters. The van der Waals surface area contributed by atoms with Gasteiger partial charge in [0.25, 0.3) is 5.91 Å². The summed E-state index contributed by atoms with van der Waals surface area (Å²) < 4.78 is 29.3. The fourth-order valence-corrected chi connectivity index (χ4v) is 2.78. The zero-order chi connectivity index (χ0) is 21.8. The van der Waals surface area contributed by atoms with E-state index in [4.69, 9.17) is 13.9 Å². The van der Waals surface area contributed by atoms with Crippen molar-refractivity contribution < 1.29 is 32.8 Å². The highest BCUT2D eigenvalue weighted by Gasteiger charge is 2.21. The van der Waals surface area contributed by atoms with E-state index in [1.807, 2.05) is 6.92 Å². The number of benzene rings is 2. The molecule has 10 heteroatoms. The Bertz CT molecular complexity index is 1140. The standard InChI is InChI=1S/C20H17FN2O7/c1-3-28-13-5-7-17-14(9-13)11(2)19(30-17)20(25)29-10-18(24)22-12-4-6-15(21)16(8-12)23(26)27/h4-9H,3,10H2,1-2H3,(H,22,24). The number of nitro benzene ring substituents is 1. The van der Waals surface area contributed by atoms with Crippen LogP contribution >= 0.6 is 0 Å². The van der Waals surface area contributed by atoms with Gasteiger partial charge in [-0.15, -0.1) is 0 Å². The zero-order valence-corrected chi connectivity index (χ0v) is 16.1. The molecule has 1 amide bonds. The molecule has 3 aromatic rings. The second kappa shape index (κ2) is 8.60. The number of carbonyl (C=O) groups is 2. The summed E-state index contributed by atoms with van der Waals surface area (Å²) in [6.07, 6.45) is 0. The molecule has 0 saturated heterocycles. The molecule has 0 aliphatic heterocycles. The summed E-state index contributed by atoms with van der Waals surface area (Å²) in [5.41, 5.74) is 0.207. The number of hydrogen-bond donors (Lipinski definition) is 1. The number of halogens is 1. The van der Waals surface area contributed by atoms with Crippen molar-refractivity contribution in [1.82, 2.24) is 0 Å². The normalized spacial score (nSPS) is 10.6. The summed E-state index contributed by atoms with van der Waals surface area (Å²) in [6.45, 7) is 3.36. The van der Waals surface area contributed by atoms with Crippen LogP contribution in [-0.2, 0) is 9.53 Å². The first-order valence-electron chi connectivity index (χ1n) is 8.87. The van der Waals surface area contributed by atoms with Crippen LogP contribution in [0.1, 0.15) is 23.0 Å². The third kappa shape index (κ3) is 4.37. The monoisotopic (exact) mass is 416 g/mol. The van der Waals surface area contributed by atoms with Crippen molar-refractivity contribution in [1.29, 1.82) is 0 Å². The molecule has 0 bridgehead atoms. The maximum Gasteiger partial charge on any atom is 0.375 e. The summed E-state index contributed by atoms with van der Waals surface area (Å²) >= 11 is 0. The van der Waals surface area contributed by atoms with Crippen LogP contribution in [0.2, 0.25) is 0 Å². The van der Waals surface area contributed by atoms with E-state index >= 15 is 0 Å². The van der Waals surface area contributed by atoms with Crippen LogP contribution in [-0.4, -0.2) is 30.0 Å². The highest BCUT2D eigenvalue weighted by atomic mass is 19.1. The quantitative estimate of drug-likeness (QED) is 0.351. The van der Waals surface area contributed by atoms with Crippen LogP contribution in [0.4, 0.5) is 15.8 Å². The van der Waals surface area contributed by atoms with E-state index in [-0.39, 0.29) is 11.4 Å². The average Bonchev–Trinajstić information content (AvgIpc) is 3.04. The van der Waals surface area contributed by atoms with Gasteiger partial charge in [0.05, 0.1) is 11.5 Å². The van der Waals surface area contributed by atoms with Crippen LogP contribution in [0.3, 0.4) is 0 Å². The SMILES string of the molecule is CCOc1ccc2oc(C(=O)OCC(=O)Nc3ccc(F)c([N+](=O)[O-])c3)c(C)c2c1. The first-order chi connectivity index (χ1) is 14.3. The summed E-state index contributed by atoms with van der Waals surface area (Å²) in [7, 11) is 0. The number of esters is 1. The number of amides is 1. The number of nitrogens with one attached hydrogen (secondary N) is 1. The van der Waals surface area contributed by atoms with E-state index in [1.165, 1.54) is 0 Å². The molecule has 0 fully saturated rings. The summed E-state index contributed by atoms with van der Waals surface area (Å²) in [5.74, 6) is -2.05. The summed E-state index contributed by atoms with van der Waals surface area (Å²) in [5, 5.41) is 13.7. The lowest BCUT2D eigenvalue weighted by atomic mass is 10.1. The Morgan fingerprint density at radius 1 is 1.23 bits per heavy atom. The molecule has 9 nitrogen and oxygen atoms in total. The van der Waals surface area contributed by atoms with Gasteiger partial charge in [-0.2, -0.15) is 4.39 Å². The summed E-state index contributed by atoms with van der Waals surface area (Å²) in [4.78, 5) is 34.2. The van der Waals surface area contributed by atoms with Crippen LogP contribution in [0.5, 0.6) is 5.75 Å². The Morgan fingerprint density at radius 2 is 2.00 bits per heavy atom. The minimum Gasteiger partial charge on any atom is -0.494 e. The molecule has 0 aliphatic carbocycles. The topological polar surface area (TPSA) is 121 Å². The number of furan rings is 1. The predicted molar refractivity (Wildman–Crippen MR) is 104 cm³/mol. The van der Waals surface area contributed by atoms with Gasteiger partial charge in [0.1, 0.15) is 11.3 Å². The minimum absolute atomic E-state index is 0.00693. The molecule has 2 aromatic carbocycles. The van der Waals surface area contributed by atoms with Gasteiger partial charge in [0.2, 0.25) is 11.6 Å². The van der Waals surface area contributed by atoms with Gasteiger partial charge in [0, 0.05) is 22.7 Å². The van der Waals surface area contributed by atoms with Gasteiger partial charge < -0.3 is 19.2 Å². The zero-order valence-electron chi connectivity index (χ0n) is 16.1. The molecular weight excluding hydrogens is 399 g/mol. The molecule has 0 radical (unpaired) electrons. The van der Waals surface area contributed by atoms with Crippen molar-refractivity contribution in [2.75, 3.05) is 18.5 Å². The number of hydrogen-bond acceptors (Lipinski definition) is 7. The second-order valence-corrected chi connectivity index (χ2v) is 6.19. The Morgan fingerprint density at radius 3 is 2.70 bits per heavy atom. The number of rotatable bonds is 7. The average molecular weight is 416 g/mol. The molecule has 0 saturated carbocycles. The van der Waals surface area contributed by atoms with Crippen LogP contribution in [0, 0.1) is 22.9 Å². The van der Waals surface area contributed by atoms with Gasteiger partial charge in [-0.05, 0) is 44.2 Å². The minimum atomic E-state index is -1.03. The largest absolute Gasteiger partial charge is 0.494 e. The maximum atomic E-state index is 13.4. The Kier molecular flexibility index (Phi) is 5.95. The van der Waals surface area contributed by atoms with Crippen molar-refractivity contribution in [3.05, 3.63) is 63.7 Å². The molecule has 0 spiro atoms. The van der Waals surface area contributed by atoms with Crippen LogP contribution in [0.15, 0.2) is 40.8 Å². The van der Waals surface area contributed by atoms with Gasteiger partial charge in [-0.25, -0.2) is 4.79 Å². The smallest absolute Gasteiger partial charge is 0.375 e. The lowest BCUT2D eigenvalue weighted by Gasteiger charge is -2.06. The lowest BCUT2D eigenvalue weighted by molar-refractivity contribution is -0.387. The predicted octanol–water partition coefficient (Wildman–Crippen LogP) is 3.98. The molecule has 3 rings (SSSR count). The molecular formula is C20H17FN2O7. The fourth-order valence-electron chi connectivity index (χ4n) is 2.78. The van der Waals surface area contributed by atoms with Gasteiger partial charge in [-0.3, -0.25) is 14.9 Å². The van der Waals surface area contributed by atoms with Crippen LogP contribution in [0.25, 0.3) is 11.0 Å². The molecule has 0 unspecified atom stereocenters. The number of nitro groups is 1. The molecule has 1 heterocycles. The van der Waals surface area contributed by atoms with Crippen molar-refractivity contribution in [3.8, 4) is 5.75 Å². The number of aryl methyl sites for hydroxylation is 1. The van der Waals surface area contributed by atoms with Crippen LogP contribution < -0.4 is 10.1 Å². The first kappa shape index (κ1) is 20.8. The highest BCUT2D eigenvalue weighted by molar-refractivity contribution is 5.98. The molecule has 0 aliphatic rings. The Balaban J connectivity index is 1.67. The third-order valence-electron chi connectivity index (χ3n) is 4.16. The lowest BCUT2D eigenvalue weighted by Crippen LogP contribution is -2.21. The number of fused-ring (bicyclic) bond motifs is 1. The summed E-state index contributed by atoms with van der Waals surface area (Å²) in [6, 6.07) is 7.99. The molecule has 1 aromatic heterocycles. The van der Waals surface area contributed by atoms with Crippen molar-refractivity contribution in [2.45, 2.75) is 13.8 Å². The van der Waals surface area contributed by atoms with E-state index < -0.39 is 34.9 Å². The molecule has 1 N–H and O–H groups in total. The van der Waals surface area contributed by atoms with Gasteiger partial charge in [0.15, 0.2) is 6.61 Å². The van der Waals surface area contributed by atoms with E-state index in [2.05, 4.69) is 5.32 Å². The first-order valence-corrected chi connectivity index (χ1v) is 8.87. The van der Waals surface area contributed by atoms with Crippen molar-refractivity contribution in [3.63, 3.8) is 0 Å². The number of carbonyl (C=O) groups excluding carboxylic acids is 2. The number of anilines is 1. The van der Waals surface area contributed by atoms with Gasteiger partial charge in [-0.1, -0.05) is 0 Å². The molecule has 30 heavy (non-hydrogen) atoms. The molecule has 156 valence electrons.